The largest absolute Gasteiger partial charge is 0.495 e. The lowest BCUT2D eigenvalue weighted by molar-refractivity contribution is -0.119. The van der Waals surface area contributed by atoms with Crippen molar-refractivity contribution < 1.29 is 14.3 Å². The average Bonchev–Trinajstić information content (AvgIpc) is 3.09. The van der Waals surface area contributed by atoms with Crippen molar-refractivity contribution in [2.45, 2.75) is 19.9 Å². The molecule has 0 radical (unpaired) electrons. The Morgan fingerprint density at radius 1 is 1.18 bits per heavy atom. The van der Waals surface area contributed by atoms with Crippen LogP contribution in [0.5, 0.6) is 5.75 Å². The van der Waals surface area contributed by atoms with Crippen molar-refractivity contribution in [2.75, 3.05) is 7.11 Å². The molecule has 28 heavy (non-hydrogen) atoms. The zero-order valence-electron chi connectivity index (χ0n) is 15.9. The van der Waals surface area contributed by atoms with Crippen molar-refractivity contribution in [2.24, 2.45) is 5.73 Å². The Morgan fingerprint density at radius 3 is 2.54 bits per heavy atom. The number of benzene rings is 2. The van der Waals surface area contributed by atoms with E-state index in [9.17, 15) is 9.59 Å². The average molecular weight is 378 g/mol. The minimum atomic E-state index is -0.793. The van der Waals surface area contributed by atoms with Gasteiger partial charge in [-0.2, -0.15) is 5.10 Å². The number of H-pyrrole nitrogens is 1. The molecular formula is C21H22N4O3. The van der Waals surface area contributed by atoms with Crippen molar-refractivity contribution in [1.29, 1.82) is 0 Å². The van der Waals surface area contributed by atoms with Crippen molar-refractivity contribution in [1.82, 2.24) is 15.5 Å². The van der Waals surface area contributed by atoms with Crippen molar-refractivity contribution in [3.05, 3.63) is 58.8 Å². The number of nitrogens with one attached hydrogen (secondary N) is 2. The van der Waals surface area contributed by atoms with Gasteiger partial charge in [0.15, 0.2) is 0 Å². The van der Waals surface area contributed by atoms with Crippen LogP contribution in [0.2, 0.25) is 0 Å². The monoisotopic (exact) mass is 378 g/mol. The molecule has 3 aromatic rings. The van der Waals surface area contributed by atoms with Crippen LogP contribution >= 0.6 is 0 Å². The van der Waals surface area contributed by atoms with E-state index in [1.807, 2.05) is 43.3 Å². The maximum atomic E-state index is 12.6. The fourth-order valence-electron chi connectivity index (χ4n) is 2.82. The van der Waals surface area contributed by atoms with Crippen LogP contribution < -0.4 is 15.8 Å². The molecule has 0 aliphatic carbocycles. The molecule has 0 aliphatic heterocycles. The smallest absolute Gasteiger partial charge is 0.255 e. The van der Waals surface area contributed by atoms with Crippen LogP contribution in [-0.2, 0) is 4.79 Å². The van der Waals surface area contributed by atoms with E-state index in [0.29, 0.717) is 22.4 Å². The predicted molar refractivity (Wildman–Crippen MR) is 109 cm³/mol. The second kappa shape index (κ2) is 7.96. The third kappa shape index (κ3) is 3.88. The highest BCUT2D eigenvalue weighted by Gasteiger charge is 2.21. The van der Waals surface area contributed by atoms with E-state index < -0.39 is 17.9 Å². The number of methoxy groups -OCH3 is 1. The Morgan fingerprint density at radius 2 is 1.89 bits per heavy atom. The van der Waals surface area contributed by atoms with Gasteiger partial charge in [0.25, 0.3) is 5.91 Å². The molecule has 0 unspecified atom stereocenters. The number of aromatic nitrogens is 2. The Hall–Kier alpha value is -3.61. The standard InChI is InChI=1S/C21H22N4O3/c1-12-4-6-14(7-5-12)8-10-16-18-17(25-24-16)11-9-15(19(18)28-3)21(27)23-13(2)20(22)26/h4-11,13H,1-3H3,(H2,22,26)(H,23,27)(H,24,25)/t13-/m0/s1. The van der Waals surface area contributed by atoms with Gasteiger partial charge in [-0.3, -0.25) is 14.7 Å². The van der Waals surface area contributed by atoms with E-state index in [-0.39, 0.29) is 0 Å². The molecule has 144 valence electrons. The molecule has 0 bridgehead atoms. The number of ether oxygens (including phenoxy) is 1. The topological polar surface area (TPSA) is 110 Å². The molecule has 7 nitrogen and oxygen atoms in total. The highest BCUT2D eigenvalue weighted by molar-refractivity contribution is 6.06. The normalized spacial score (nSPS) is 12.2. The molecule has 2 aromatic carbocycles. The molecule has 0 fully saturated rings. The first-order valence-corrected chi connectivity index (χ1v) is 8.80. The molecule has 0 saturated heterocycles. The second-order valence-electron chi connectivity index (χ2n) is 6.52. The fraction of sp³-hybridized carbons (Fsp3) is 0.190. The number of aromatic amines is 1. The van der Waals surface area contributed by atoms with E-state index in [1.54, 1.807) is 12.1 Å². The summed E-state index contributed by atoms with van der Waals surface area (Å²) in [5.74, 6) is -0.679. The number of primary amides is 1. The van der Waals surface area contributed by atoms with Crippen LogP contribution in [0.25, 0.3) is 23.1 Å². The first-order valence-electron chi connectivity index (χ1n) is 8.80. The summed E-state index contributed by atoms with van der Waals surface area (Å²) in [5, 5.41) is 10.5. The molecule has 2 amide bonds. The Kier molecular flexibility index (Phi) is 5.44. The quantitative estimate of drug-likeness (QED) is 0.612. The zero-order chi connectivity index (χ0) is 20.3. The molecule has 4 N–H and O–H groups in total. The lowest BCUT2D eigenvalue weighted by atomic mass is 10.1. The van der Waals surface area contributed by atoms with Crippen LogP contribution in [0.1, 0.15) is 34.1 Å². The Balaban J connectivity index is 2.00. The number of hydrogen-bond acceptors (Lipinski definition) is 4. The number of rotatable bonds is 6. The van der Waals surface area contributed by atoms with Gasteiger partial charge in [0.05, 0.1) is 29.3 Å². The number of nitrogens with two attached hydrogens (primary N) is 1. The number of hydrogen-bond donors (Lipinski definition) is 3. The molecule has 1 aromatic heterocycles. The lowest BCUT2D eigenvalue weighted by Crippen LogP contribution is -2.42. The predicted octanol–water partition coefficient (Wildman–Crippen LogP) is 2.65. The van der Waals surface area contributed by atoms with Gasteiger partial charge in [0.1, 0.15) is 11.8 Å². The van der Waals surface area contributed by atoms with Gasteiger partial charge in [0.2, 0.25) is 5.91 Å². The van der Waals surface area contributed by atoms with E-state index in [0.717, 1.165) is 11.1 Å². The zero-order valence-corrected chi connectivity index (χ0v) is 15.9. The number of aryl methyl sites for hydroxylation is 1. The summed E-state index contributed by atoms with van der Waals surface area (Å²) in [6.07, 6.45) is 3.80. The van der Waals surface area contributed by atoms with Gasteiger partial charge in [0, 0.05) is 0 Å². The molecule has 0 spiro atoms. The van der Waals surface area contributed by atoms with Crippen LogP contribution in [0, 0.1) is 6.92 Å². The third-order valence-electron chi connectivity index (χ3n) is 4.44. The number of fused-ring (bicyclic) bond motifs is 1. The highest BCUT2D eigenvalue weighted by atomic mass is 16.5. The summed E-state index contributed by atoms with van der Waals surface area (Å²) in [5.41, 5.74) is 9.12. The highest BCUT2D eigenvalue weighted by Crippen LogP contribution is 2.32. The summed E-state index contributed by atoms with van der Waals surface area (Å²) in [6, 6.07) is 10.7. The Bertz CT molecular complexity index is 1050. The summed E-state index contributed by atoms with van der Waals surface area (Å²) in [6.45, 7) is 3.56. The SMILES string of the molecule is COc1c(C(=O)N[C@@H](C)C(N)=O)ccc2[nH]nc(C=Cc3ccc(C)cc3)c12. The summed E-state index contributed by atoms with van der Waals surface area (Å²) in [7, 11) is 1.49. The number of carbonyl (C=O) groups excluding carboxylic acids is 2. The number of amides is 2. The minimum Gasteiger partial charge on any atom is -0.495 e. The molecule has 3 rings (SSSR count). The summed E-state index contributed by atoms with van der Waals surface area (Å²) >= 11 is 0. The molecule has 0 saturated carbocycles. The third-order valence-corrected chi connectivity index (χ3v) is 4.44. The van der Waals surface area contributed by atoms with Crippen LogP contribution in [0.3, 0.4) is 0 Å². The van der Waals surface area contributed by atoms with Gasteiger partial charge < -0.3 is 15.8 Å². The van der Waals surface area contributed by atoms with Gasteiger partial charge >= 0.3 is 0 Å². The van der Waals surface area contributed by atoms with Gasteiger partial charge in [-0.05, 0) is 37.6 Å². The molecule has 1 atom stereocenters. The van der Waals surface area contributed by atoms with E-state index >= 15 is 0 Å². The fourth-order valence-corrected chi connectivity index (χ4v) is 2.82. The van der Waals surface area contributed by atoms with Crippen molar-refractivity contribution >= 4 is 34.9 Å². The molecule has 7 heteroatoms. The van der Waals surface area contributed by atoms with Crippen LogP contribution in [0.15, 0.2) is 36.4 Å². The van der Waals surface area contributed by atoms with Crippen molar-refractivity contribution in [3.63, 3.8) is 0 Å². The van der Waals surface area contributed by atoms with Crippen molar-refractivity contribution in [3.8, 4) is 5.75 Å². The van der Waals surface area contributed by atoms with E-state index in [4.69, 9.17) is 10.5 Å². The lowest BCUT2D eigenvalue weighted by Gasteiger charge is -2.13. The second-order valence-corrected chi connectivity index (χ2v) is 6.52. The first-order chi connectivity index (χ1) is 13.4. The van der Waals surface area contributed by atoms with Crippen LogP contribution in [-0.4, -0.2) is 35.2 Å². The van der Waals surface area contributed by atoms with Gasteiger partial charge in [-0.25, -0.2) is 0 Å². The van der Waals surface area contributed by atoms with E-state index in [1.165, 1.54) is 19.6 Å². The summed E-state index contributed by atoms with van der Waals surface area (Å²) < 4.78 is 5.52. The maximum Gasteiger partial charge on any atom is 0.255 e. The maximum absolute atomic E-state index is 12.6. The number of carbonyl (C=O) groups is 2. The molecule has 0 aliphatic rings. The Labute approximate surface area is 162 Å². The van der Waals surface area contributed by atoms with Gasteiger partial charge in [-0.1, -0.05) is 35.9 Å². The van der Waals surface area contributed by atoms with E-state index in [2.05, 4.69) is 15.5 Å². The van der Waals surface area contributed by atoms with Gasteiger partial charge in [-0.15, -0.1) is 0 Å². The number of nitrogens with zero attached hydrogens (tertiary/aromatic N) is 1. The minimum absolute atomic E-state index is 0.300. The molecule has 1 heterocycles. The molecular weight excluding hydrogens is 356 g/mol. The first kappa shape index (κ1) is 19.2. The summed E-state index contributed by atoms with van der Waals surface area (Å²) in [4.78, 5) is 23.8. The van der Waals surface area contributed by atoms with Crippen LogP contribution in [0.4, 0.5) is 0 Å².